The Morgan fingerprint density at radius 3 is 2.89 bits per heavy atom. The van der Waals surface area contributed by atoms with Gasteiger partial charge in [0.25, 0.3) is 0 Å². The zero-order valence-electron chi connectivity index (χ0n) is 10.9. The first kappa shape index (κ1) is 13.1. The van der Waals surface area contributed by atoms with Crippen LogP contribution in [0.25, 0.3) is 0 Å². The maximum absolute atomic E-state index is 5.88. The summed E-state index contributed by atoms with van der Waals surface area (Å²) in [6.45, 7) is 3.68. The number of rotatable bonds is 6. The minimum absolute atomic E-state index is 0.733. The van der Waals surface area contributed by atoms with Crippen LogP contribution in [0.15, 0.2) is 35.0 Å². The van der Waals surface area contributed by atoms with Crippen molar-refractivity contribution in [3.8, 4) is 5.75 Å². The average molecular weight is 261 g/mol. The second-order valence-corrected chi connectivity index (χ2v) is 5.15. The molecule has 0 aliphatic carbocycles. The largest absolute Gasteiger partial charge is 0.493 e. The predicted molar refractivity (Wildman–Crippen MR) is 77.5 cm³/mol. The Hall–Kier alpha value is -1.32. The molecule has 2 nitrogen and oxygen atoms in total. The van der Waals surface area contributed by atoms with Crippen molar-refractivity contribution >= 4 is 11.3 Å². The lowest BCUT2D eigenvalue weighted by molar-refractivity contribution is 0.318. The van der Waals surface area contributed by atoms with Crippen LogP contribution < -0.4 is 10.1 Å². The molecule has 0 bridgehead atoms. The molecular formula is C15H19NOS. The zero-order chi connectivity index (χ0) is 12.8. The number of thiophene rings is 1. The second kappa shape index (κ2) is 6.57. The number of nitrogens with one attached hydrogen (secondary N) is 1. The molecule has 0 fully saturated rings. The van der Waals surface area contributed by atoms with Gasteiger partial charge in [-0.25, -0.2) is 0 Å². The summed E-state index contributed by atoms with van der Waals surface area (Å²) in [5.41, 5.74) is 3.84. The minimum Gasteiger partial charge on any atom is -0.493 e. The molecule has 0 spiro atoms. The first-order valence-electron chi connectivity index (χ1n) is 6.17. The molecule has 0 aliphatic heterocycles. The summed E-state index contributed by atoms with van der Waals surface area (Å²) >= 11 is 1.73. The van der Waals surface area contributed by atoms with Crippen LogP contribution in [0.1, 0.15) is 16.7 Å². The van der Waals surface area contributed by atoms with Gasteiger partial charge in [0.2, 0.25) is 0 Å². The first-order valence-corrected chi connectivity index (χ1v) is 7.12. The highest BCUT2D eigenvalue weighted by atomic mass is 32.1. The molecule has 0 atom stereocenters. The number of ether oxygens (including phenoxy) is 1. The fraction of sp³-hybridized carbons (Fsp3) is 0.333. The third-order valence-corrected chi connectivity index (χ3v) is 3.54. The Bertz CT molecular complexity index is 479. The standard InChI is InChI=1S/C15H19NOS/c1-12-3-4-15(14(9-12)10-16-2)17-7-5-13-6-8-18-11-13/h3-4,6,8-9,11,16H,5,7,10H2,1-2H3. The van der Waals surface area contributed by atoms with E-state index in [-0.39, 0.29) is 0 Å². The van der Waals surface area contributed by atoms with E-state index in [4.69, 9.17) is 4.74 Å². The van der Waals surface area contributed by atoms with Crippen LogP contribution in [-0.4, -0.2) is 13.7 Å². The molecule has 0 unspecified atom stereocenters. The molecule has 18 heavy (non-hydrogen) atoms. The second-order valence-electron chi connectivity index (χ2n) is 4.37. The third-order valence-electron chi connectivity index (χ3n) is 2.81. The Balaban J connectivity index is 1.95. The zero-order valence-corrected chi connectivity index (χ0v) is 11.7. The molecule has 1 N–H and O–H groups in total. The van der Waals surface area contributed by atoms with E-state index < -0.39 is 0 Å². The number of hydrogen-bond acceptors (Lipinski definition) is 3. The topological polar surface area (TPSA) is 21.3 Å². The van der Waals surface area contributed by atoms with E-state index in [1.807, 2.05) is 7.05 Å². The van der Waals surface area contributed by atoms with E-state index in [9.17, 15) is 0 Å². The molecular weight excluding hydrogens is 242 g/mol. The molecule has 0 saturated heterocycles. The smallest absolute Gasteiger partial charge is 0.123 e. The summed E-state index contributed by atoms with van der Waals surface area (Å²) in [7, 11) is 1.96. The van der Waals surface area contributed by atoms with Crippen molar-refractivity contribution < 1.29 is 4.74 Å². The van der Waals surface area contributed by atoms with Crippen LogP contribution in [-0.2, 0) is 13.0 Å². The summed E-state index contributed by atoms with van der Waals surface area (Å²) in [6.07, 6.45) is 0.969. The van der Waals surface area contributed by atoms with E-state index in [1.165, 1.54) is 16.7 Å². The summed E-state index contributed by atoms with van der Waals surface area (Å²) in [5, 5.41) is 7.46. The molecule has 2 rings (SSSR count). The van der Waals surface area contributed by atoms with Crippen LogP contribution in [0, 0.1) is 6.92 Å². The Morgan fingerprint density at radius 1 is 1.28 bits per heavy atom. The van der Waals surface area contributed by atoms with Crippen molar-refractivity contribution in [3.63, 3.8) is 0 Å². The van der Waals surface area contributed by atoms with Gasteiger partial charge in [0.15, 0.2) is 0 Å². The molecule has 3 heteroatoms. The van der Waals surface area contributed by atoms with Gasteiger partial charge in [0.1, 0.15) is 5.75 Å². The van der Waals surface area contributed by atoms with Gasteiger partial charge < -0.3 is 10.1 Å². The van der Waals surface area contributed by atoms with Crippen LogP contribution in [0.3, 0.4) is 0 Å². The molecule has 0 aliphatic rings. The van der Waals surface area contributed by atoms with Crippen molar-refractivity contribution in [2.45, 2.75) is 19.9 Å². The predicted octanol–water partition coefficient (Wildman–Crippen LogP) is 3.40. The average Bonchev–Trinajstić information content (AvgIpc) is 2.85. The van der Waals surface area contributed by atoms with E-state index >= 15 is 0 Å². The lowest BCUT2D eigenvalue weighted by atomic mass is 10.1. The molecule has 0 amide bonds. The summed E-state index contributed by atoms with van der Waals surface area (Å²) in [4.78, 5) is 0. The van der Waals surface area contributed by atoms with Gasteiger partial charge in [-0.15, -0.1) is 0 Å². The van der Waals surface area contributed by atoms with Crippen molar-refractivity contribution in [2.75, 3.05) is 13.7 Å². The Morgan fingerprint density at radius 2 is 2.17 bits per heavy atom. The highest BCUT2D eigenvalue weighted by Gasteiger charge is 2.03. The van der Waals surface area contributed by atoms with Gasteiger partial charge in [-0.3, -0.25) is 0 Å². The number of benzene rings is 1. The fourth-order valence-electron chi connectivity index (χ4n) is 1.89. The van der Waals surface area contributed by atoms with Crippen LogP contribution in [0.5, 0.6) is 5.75 Å². The van der Waals surface area contributed by atoms with Crippen molar-refractivity contribution in [2.24, 2.45) is 0 Å². The van der Waals surface area contributed by atoms with Crippen molar-refractivity contribution in [1.82, 2.24) is 5.32 Å². The quantitative estimate of drug-likeness (QED) is 0.860. The van der Waals surface area contributed by atoms with E-state index in [0.29, 0.717) is 0 Å². The highest BCUT2D eigenvalue weighted by Crippen LogP contribution is 2.20. The van der Waals surface area contributed by atoms with Gasteiger partial charge in [0.05, 0.1) is 6.61 Å². The lowest BCUT2D eigenvalue weighted by Gasteiger charge is -2.12. The first-order chi connectivity index (χ1) is 8.79. The SMILES string of the molecule is CNCc1cc(C)ccc1OCCc1ccsc1. The molecule has 1 aromatic carbocycles. The maximum Gasteiger partial charge on any atom is 0.123 e. The van der Waals surface area contributed by atoms with Crippen LogP contribution >= 0.6 is 11.3 Å². The fourth-order valence-corrected chi connectivity index (χ4v) is 2.59. The van der Waals surface area contributed by atoms with Crippen LogP contribution in [0.2, 0.25) is 0 Å². The molecule has 0 saturated carbocycles. The third kappa shape index (κ3) is 3.59. The maximum atomic E-state index is 5.88. The highest BCUT2D eigenvalue weighted by molar-refractivity contribution is 7.07. The van der Waals surface area contributed by atoms with Gasteiger partial charge in [-0.05, 0) is 42.4 Å². The van der Waals surface area contributed by atoms with E-state index in [1.54, 1.807) is 11.3 Å². The number of hydrogen-bond donors (Lipinski definition) is 1. The summed E-state index contributed by atoms with van der Waals surface area (Å²) in [6, 6.07) is 8.49. The van der Waals surface area contributed by atoms with E-state index in [2.05, 4.69) is 47.3 Å². The van der Waals surface area contributed by atoms with Gasteiger partial charge in [-0.2, -0.15) is 11.3 Å². The molecule has 1 heterocycles. The monoisotopic (exact) mass is 261 g/mol. The molecule has 96 valence electrons. The van der Waals surface area contributed by atoms with E-state index in [0.717, 1.165) is 25.3 Å². The lowest BCUT2D eigenvalue weighted by Crippen LogP contribution is -2.09. The Labute approximate surface area is 113 Å². The van der Waals surface area contributed by atoms with Crippen LogP contribution in [0.4, 0.5) is 0 Å². The normalized spacial score (nSPS) is 10.6. The summed E-state index contributed by atoms with van der Waals surface area (Å²) < 4.78 is 5.88. The molecule has 0 radical (unpaired) electrons. The van der Waals surface area contributed by atoms with Gasteiger partial charge >= 0.3 is 0 Å². The van der Waals surface area contributed by atoms with Gasteiger partial charge in [0, 0.05) is 18.5 Å². The number of aryl methyl sites for hydroxylation is 1. The minimum atomic E-state index is 0.733. The van der Waals surface area contributed by atoms with Gasteiger partial charge in [-0.1, -0.05) is 17.7 Å². The molecule has 2 aromatic rings. The Kier molecular flexibility index (Phi) is 4.79. The molecule has 1 aromatic heterocycles. The van der Waals surface area contributed by atoms with Crippen molar-refractivity contribution in [3.05, 3.63) is 51.7 Å². The summed E-state index contributed by atoms with van der Waals surface area (Å²) in [5.74, 6) is 0.991. The van der Waals surface area contributed by atoms with Crippen molar-refractivity contribution in [1.29, 1.82) is 0 Å².